The summed E-state index contributed by atoms with van der Waals surface area (Å²) in [5.74, 6) is -1.62. The molecular formula is C21H17O3+. The van der Waals surface area contributed by atoms with Crippen LogP contribution in [0.15, 0.2) is 84.9 Å². The van der Waals surface area contributed by atoms with Crippen molar-refractivity contribution >= 4 is 6.29 Å². The van der Waals surface area contributed by atoms with Crippen molar-refractivity contribution in [2.75, 3.05) is 0 Å². The van der Waals surface area contributed by atoms with Crippen molar-refractivity contribution in [1.29, 1.82) is 0 Å². The van der Waals surface area contributed by atoms with Gasteiger partial charge in [0.15, 0.2) is 0 Å². The summed E-state index contributed by atoms with van der Waals surface area (Å²) >= 11 is 0. The maximum atomic E-state index is 9.91. The molecule has 1 N–H and O–H groups in total. The fourth-order valence-corrected chi connectivity index (χ4v) is 3.38. The predicted molar refractivity (Wildman–Crippen MR) is 91.9 cm³/mol. The van der Waals surface area contributed by atoms with Crippen LogP contribution in [0.5, 0.6) is 0 Å². The third-order valence-corrected chi connectivity index (χ3v) is 4.49. The fourth-order valence-electron chi connectivity index (χ4n) is 3.38. The summed E-state index contributed by atoms with van der Waals surface area (Å²) in [4.78, 5) is 5.04. The minimum absolute atomic E-state index is 0.299. The maximum absolute atomic E-state index is 9.91. The van der Waals surface area contributed by atoms with Crippen LogP contribution in [-0.4, -0.2) is 11.5 Å². The van der Waals surface area contributed by atoms with E-state index in [2.05, 4.69) is 0 Å². The topological polar surface area (TPSA) is 40.8 Å². The van der Waals surface area contributed by atoms with Gasteiger partial charge in [-0.2, -0.15) is 0 Å². The van der Waals surface area contributed by atoms with Gasteiger partial charge in [0, 0.05) is 0 Å². The van der Waals surface area contributed by atoms with Gasteiger partial charge < -0.3 is 0 Å². The predicted octanol–water partition coefficient (Wildman–Crippen LogP) is 4.52. The number of carbonyl (C=O) groups excluding carboxylic acids is 1. The average molecular weight is 317 g/mol. The van der Waals surface area contributed by atoms with Crippen LogP contribution in [0.25, 0.3) is 0 Å². The van der Waals surface area contributed by atoms with Crippen LogP contribution in [0.3, 0.4) is 0 Å². The van der Waals surface area contributed by atoms with E-state index in [1.807, 2.05) is 84.9 Å². The Morgan fingerprint density at radius 2 is 1.42 bits per heavy atom. The number of hydrogen-bond donors (Lipinski definition) is 1. The highest BCUT2D eigenvalue weighted by atomic mass is 17.1. The monoisotopic (exact) mass is 317 g/mol. The molecule has 24 heavy (non-hydrogen) atoms. The molecule has 118 valence electrons. The second kappa shape index (κ2) is 6.04. The Morgan fingerprint density at radius 3 is 2.12 bits per heavy atom. The Bertz CT molecular complexity index is 859. The van der Waals surface area contributed by atoms with E-state index in [0.717, 1.165) is 22.3 Å². The fraction of sp³-hybridized carbons (Fsp3) is 0.0952. The van der Waals surface area contributed by atoms with Crippen molar-refractivity contribution in [2.45, 2.75) is 11.7 Å². The molecule has 3 aromatic carbocycles. The lowest BCUT2D eigenvalue weighted by Crippen LogP contribution is -2.38. The summed E-state index contributed by atoms with van der Waals surface area (Å²) in [6.07, 6.45) is 1.65. The van der Waals surface area contributed by atoms with E-state index in [0.29, 0.717) is 0 Å². The van der Waals surface area contributed by atoms with Crippen LogP contribution in [-0.2, 0) is 10.7 Å². The molecule has 4 rings (SSSR count). The Labute approximate surface area is 140 Å². The molecule has 0 radical (unpaired) electrons. The molecule has 1 heterocycles. The summed E-state index contributed by atoms with van der Waals surface area (Å²) in [6, 6.07) is 27.5. The molecule has 0 aliphatic carbocycles. The average Bonchev–Trinajstić information content (AvgIpc) is 2.68. The number of aldehydes is 1. The summed E-state index contributed by atoms with van der Waals surface area (Å²) in [5.41, 5.74) is 3.80. The molecule has 1 aliphatic rings. The third kappa shape index (κ3) is 2.26. The molecule has 0 amide bonds. The van der Waals surface area contributed by atoms with Crippen molar-refractivity contribution in [3.8, 4) is 0 Å². The SMILES string of the molecule is OO[C@]1(c2ccccc2)[O+]=Cc2ccccc2[C@@H]1c1ccccc1. The second-order valence-corrected chi connectivity index (χ2v) is 5.83. The van der Waals surface area contributed by atoms with Gasteiger partial charge in [-0.05, 0) is 29.3 Å². The highest BCUT2D eigenvalue weighted by Crippen LogP contribution is 2.47. The zero-order valence-electron chi connectivity index (χ0n) is 13.0. The van der Waals surface area contributed by atoms with Crippen molar-refractivity contribution < 1.29 is 14.6 Å². The van der Waals surface area contributed by atoms with Crippen LogP contribution < -0.4 is 0 Å². The van der Waals surface area contributed by atoms with E-state index in [9.17, 15) is 5.26 Å². The number of benzene rings is 3. The lowest BCUT2D eigenvalue weighted by Gasteiger charge is -2.29. The molecule has 2 atom stereocenters. The molecule has 0 fully saturated rings. The molecular weight excluding hydrogens is 300 g/mol. The molecule has 0 unspecified atom stereocenters. The first kappa shape index (κ1) is 14.8. The van der Waals surface area contributed by atoms with Crippen LogP contribution >= 0.6 is 0 Å². The van der Waals surface area contributed by atoms with E-state index < -0.39 is 5.79 Å². The lowest BCUT2D eigenvalue weighted by molar-refractivity contribution is -0.572. The molecule has 0 spiro atoms. The van der Waals surface area contributed by atoms with Gasteiger partial charge in [0.25, 0.3) is 0 Å². The first-order chi connectivity index (χ1) is 11.8. The van der Waals surface area contributed by atoms with Crippen LogP contribution in [0.1, 0.15) is 32.6 Å². The summed E-state index contributed by atoms with van der Waals surface area (Å²) < 4.78 is 6.00. The molecule has 0 saturated carbocycles. The number of fused-ring (bicyclic) bond motifs is 1. The van der Waals surface area contributed by atoms with Gasteiger partial charge >= 0.3 is 12.1 Å². The van der Waals surface area contributed by atoms with E-state index in [-0.39, 0.29) is 5.92 Å². The highest BCUT2D eigenvalue weighted by molar-refractivity contribution is 5.79. The number of rotatable bonds is 3. The number of hydrogen-bond acceptors (Lipinski definition) is 2. The van der Waals surface area contributed by atoms with Crippen molar-refractivity contribution in [3.05, 3.63) is 107 Å². The van der Waals surface area contributed by atoms with E-state index in [1.54, 1.807) is 6.29 Å². The minimum Gasteiger partial charge on any atom is -0.243 e. The van der Waals surface area contributed by atoms with Gasteiger partial charge in [-0.25, -0.2) is 9.68 Å². The Balaban J connectivity index is 1.99. The largest absolute Gasteiger partial charge is 0.452 e. The molecule has 3 nitrogen and oxygen atoms in total. The van der Waals surface area contributed by atoms with Crippen LogP contribution in [0.4, 0.5) is 0 Å². The minimum atomic E-state index is -1.32. The van der Waals surface area contributed by atoms with Gasteiger partial charge in [-0.1, -0.05) is 66.7 Å². The molecule has 0 aromatic heterocycles. The first-order valence-corrected chi connectivity index (χ1v) is 7.88. The van der Waals surface area contributed by atoms with E-state index in [1.165, 1.54) is 0 Å². The van der Waals surface area contributed by atoms with Gasteiger partial charge in [-0.3, -0.25) is 0 Å². The zero-order chi connectivity index (χ0) is 16.4. The van der Waals surface area contributed by atoms with Crippen molar-refractivity contribution in [1.82, 2.24) is 0 Å². The smallest absolute Gasteiger partial charge is 0.243 e. The zero-order valence-corrected chi connectivity index (χ0v) is 13.0. The highest BCUT2D eigenvalue weighted by Gasteiger charge is 2.57. The van der Waals surface area contributed by atoms with Gasteiger partial charge in [0.05, 0.1) is 11.1 Å². The van der Waals surface area contributed by atoms with Crippen molar-refractivity contribution in [2.24, 2.45) is 0 Å². The summed E-state index contributed by atoms with van der Waals surface area (Å²) in [7, 11) is 0. The normalized spacial score (nSPS) is 22.1. The second-order valence-electron chi connectivity index (χ2n) is 5.83. The van der Waals surface area contributed by atoms with Gasteiger partial charge in [0.1, 0.15) is 5.92 Å². The molecule has 0 saturated heterocycles. The lowest BCUT2D eigenvalue weighted by atomic mass is 9.78. The van der Waals surface area contributed by atoms with Crippen LogP contribution in [0.2, 0.25) is 0 Å². The standard InChI is InChI=1S/C21H16O3/c22-24-21(18-12-5-2-6-13-18)20(16-9-3-1-4-10-16)19-14-8-7-11-17(19)15-23-21/h1-15,20H/p+1/t20-,21-/m0/s1. The summed E-state index contributed by atoms with van der Waals surface area (Å²) in [6.45, 7) is 0. The van der Waals surface area contributed by atoms with Gasteiger partial charge in [0.2, 0.25) is 0 Å². The Morgan fingerprint density at radius 1 is 0.792 bits per heavy atom. The van der Waals surface area contributed by atoms with E-state index >= 15 is 0 Å². The quantitative estimate of drug-likeness (QED) is 0.334. The van der Waals surface area contributed by atoms with E-state index in [4.69, 9.17) is 9.31 Å². The van der Waals surface area contributed by atoms with Crippen LogP contribution in [0, 0.1) is 0 Å². The maximum Gasteiger partial charge on any atom is 0.452 e. The van der Waals surface area contributed by atoms with Crippen molar-refractivity contribution in [3.63, 3.8) is 0 Å². The molecule has 0 bridgehead atoms. The first-order valence-electron chi connectivity index (χ1n) is 7.88. The van der Waals surface area contributed by atoms with Gasteiger partial charge in [-0.15, -0.1) is 4.89 Å². The third-order valence-electron chi connectivity index (χ3n) is 4.49. The molecule has 1 aliphatic heterocycles. The molecule has 3 aromatic rings. The Hall–Kier alpha value is -2.75. The summed E-state index contributed by atoms with van der Waals surface area (Å²) in [5, 5.41) is 9.91. The Kier molecular flexibility index (Phi) is 3.73. The molecule has 3 heteroatoms.